The zero-order valence-electron chi connectivity index (χ0n) is 12.5. The highest BCUT2D eigenvalue weighted by atomic mass is 35.5. The highest BCUT2D eigenvalue weighted by molar-refractivity contribution is 5.85. The van der Waals surface area contributed by atoms with Crippen molar-refractivity contribution in [2.45, 2.75) is 19.4 Å². The molecular weight excluding hydrogens is 292 g/mol. The Morgan fingerprint density at radius 3 is 2.62 bits per heavy atom. The molecule has 21 heavy (non-hydrogen) atoms. The summed E-state index contributed by atoms with van der Waals surface area (Å²) in [5.41, 5.74) is 0. The largest absolute Gasteiger partial charge is 0.497 e. The Kier molecular flexibility index (Phi) is 7.32. The van der Waals surface area contributed by atoms with Gasteiger partial charge in [-0.05, 0) is 31.2 Å². The van der Waals surface area contributed by atoms with Crippen LogP contribution in [0.5, 0.6) is 11.5 Å². The molecule has 1 amide bonds. The predicted octanol–water partition coefficient (Wildman–Crippen LogP) is 1.71. The van der Waals surface area contributed by atoms with Crippen molar-refractivity contribution in [3.05, 3.63) is 24.3 Å². The molecule has 6 heteroatoms. The molecule has 1 unspecified atom stereocenters. The minimum atomic E-state index is 0. The number of nitrogens with one attached hydrogen (secondary N) is 1. The first-order valence-electron chi connectivity index (χ1n) is 6.97. The summed E-state index contributed by atoms with van der Waals surface area (Å²) < 4.78 is 10.7. The maximum atomic E-state index is 12.0. The van der Waals surface area contributed by atoms with E-state index < -0.39 is 0 Å². The Morgan fingerprint density at radius 2 is 2.00 bits per heavy atom. The summed E-state index contributed by atoms with van der Waals surface area (Å²) in [6.07, 6.45) is 0.415. The van der Waals surface area contributed by atoms with E-state index in [-0.39, 0.29) is 18.3 Å². The number of nitrogens with zero attached hydrogens (tertiary/aromatic N) is 1. The smallest absolute Gasteiger partial charge is 0.226 e. The van der Waals surface area contributed by atoms with Gasteiger partial charge in [-0.1, -0.05) is 0 Å². The average Bonchev–Trinajstić information content (AvgIpc) is 2.48. The number of hydrogen-bond donors (Lipinski definition) is 1. The number of methoxy groups -OCH3 is 1. The van der Waals surface area contributed by atoms with Crippen LogP contribution in [0.4, 0.5) is 0 Å². The topological polar surface area (TPSA) is 50.8 Å². The fourth-order valence-electron chi connectivity index (χ4n) is 2.25. The molecule has 1 aliphatic rings. The van der Waals surface area contributed by atoms with Gasteiger partial charge in [-0.15, -0.1) is 12.4 Å². The van der Waals surface area contributed by atoms with Gasteiger partial charge < -0.3 is 19.7 Å². The van der Waals surface area contributed by atoms with Crippen LogP contribution in [-0.4, -0.2) is 50.2 Å². The van der Waals surface area contributed by atoms with E-state index in [0.29, 0.717) is 19.1 Å². The van der Waals surface area contributed by atoms with Gasteiger partial charge in [0.05, 0.1) is 20.1 Å². The number of benzene rings is 1. The maximum absolute atomic E-state index is 12.0. The molecule has 0 aliphatic carbocycles. The van der Waals surface area contributed by atoms with Gasteiger partial charge in [-0.25, -0.2) is 0 Å². The molecule has 0 aromatic heterocycles. The number of amides is 1. The third-order valence-corrected chi connectivity index (χ3v) is 3.37. The Hall–Kier alpha value is -1.46. The van der Waals surface area contributed by atoms with Crippen LogP contribution in [0.3, 0.4) is 0 Å². The molecule has 0 radical (unpaired) electrons. The zero-order chi connectivity index (χ0) is 14.4. The monoisotopic (exact) mass is 314 g/mol. The highest BCUT2D eigenvalue weighted by Crippen LogP contribution is 2.17. The summed E-state index contributed by atoms with van der Waals surface area (Å²) in [6, 6.07) is 7.74. The molecule has 1 atom stereocenters. The Morgan fingerprint density at radius 1 is 1.33 bits per heavy atom. The van der Waals surface area contributed by atoms with Gasteiger partial charge in [0.1, 0.15) is 11.5 Å². The summed E-state index contributed by atoms with van der Waals surface area (Å²) in [5, 5.41) is 3.32. The fraction of sp³-hybridized carbons (Fsp3) is 0.533. The first kappa shape index (κ1) is 17.6. The van der Waals surface area contributed by atoms with Crippen molar-refractivity contribution in [3.63, 3.8) is 0 Å². The van der Waals surface area contributed by atoms with Crippen molar-refractivity contribution >= 4 is 18.3 Å². The number of ether oxygens (including phenoxy) is 2. The van der Waals surface area contributed by atoms with Crippen molar-refractivity contribution in [3.8, 4) is 11.5 Å². The van der Waals surface area contributed by atoms with E-state index in [1.807, 2.05) is 29.2 Å². The van der Waals surface area contributed by atoms with Crippen LogP contribution in [0.1, 0.15) is 13.3 Å². The van der Waals surface area contributed by atoms with Crippen LogP contribution < -0.4 is 14.8 Å². The van der Waals surface area contributed by atoms with Crippen molar-refractivity contribution < 1.29 is 14.3 Å². The number of piperazine rings is 1. The van der Waals surface area contributed by atoms with Crippen LogP contribution >= 0.6 is 12.4 Å². The maximum Gasteiger partial charge on any atom is 0.226 e. The van der Waals surface area contributed by atoms with Gasteiger partial charge in [-0.3, -0.25) is 4.79 Å². The van der Waals surface area contributed by atoms with Gasteiger partial charge in [0.15, 0.2) is 0 Å². The molecule has 5 nitrogen and oxygen atoms in total. The van der Waals surface area contributed by atoms with Crippen LogP contribution in [0.15, 0.2) is 24.3 Å². The fourth-order valence-corrected chi connectivity index (χ4v) is 2.25. The van der Waals surface area contributed by atoms with E-state index in [4.69, 9.17) is 9.47 Å². The van der Waals surface area contributed by atoms with Gasteiger partial charge in [0.25, 0.3) is 0 Å². The van der Waals surface area contributed by atoms with Gasteiger partial charge in [0.2, 0.25) is 5.91 Å². The number of carbonyl (C=O) groups excluding carboxylic acids is 1. The number of hydrogen-bond acceptors (Lipinski definition) is 4. The van der Waals surface area contributed by atoms with E-state index in [0.717, 1.165) is 31.1 Å². The van der Waals surface area contributed by atoms with Gasteiger partial charge >= 0.3 is 0 Å². The number of carbonyl (C=O) groups is 1. The molecule has 1 aromatic carbocycles. The van der Waals surface area contributed by atoms with Crippen LogP contribution in [0, 0.1) is 0 Å². The lowest BCUT2D eigenvalue weighted by molar-refractivity contribution is -0.132. The van der Waals surface area contributed by atoms with Crippen molar-refractivity contribution in [2.75, 3.05) is 33.4 Å². The number of rotatable bonds is 5. The molecular formula is C15H23ClN2O3. The van der Waals surface area contributed by atoms with E-state index in [9.17, 15) is 4.79 Å². The molecule has 1 N–H and O–H groups in total. The third kappa shape index (κ3) is 5.44. The van der Waals surface area contributed by atoms with E-state index >= 15 is 0 Å². The Balaban J connectivity index is 0.00000220. The molecule has 0 saturated carbocycles. The minimum absolute atomic E-state index is 0. The predicted molar refractivity (Wildman–Crippen MR) is 84.4 cm³/mol. The lowest BCUT2D eigenvalue weighted by atomic mass is 10.2. The molecule has 1 saturated heterocycles. The van der Waals surface area contributed by atoms with Crippen molar-refractivity contribution in [1.82, 2.24) is 10.2 Å². The first-order valence-corrected chi connectivity index (χ1v) is 6.97. The quantitative estimate of drug-likeness (QED) is 0.899. The van der Waals surface area contributed by atoms with Gasteiger partial charge in [-0.2, -0.15) is 0 Å². The Bertz CT molecular complexity index is 439. The molecule has 1 aliphatic heterocycles. The lowest BCUT2D eigenvalue weighted by Crippen LogP contribution is -2.51. The summed E-state index contributed by atoms with van der Waals surface area (Å²) in [4.78, 5) is 13.9. The molecule has 1 fully saturated rings. The van der Waals surface area contributed by atoms with E-state index in [1.165, 1.54) is 0 Å². The molecule has 1 aromatic rings. The summed E-state index contributed by atoms with van der Waals surface area (Å²) >= 11 is 0. The number of halogens is 1. The molecule has 1 heterocycles. The van der Waals surface area contributed by atoms with Crippen molar-refractivity contribution in [1.29, 1.82) is 0 Å². The highest BCUT2D eigenvalue weighted by Gasteiger charge is 2.19. The lowest BCUT2D eigenvalue weighted by Gasteiger charge is -2.31. The standard InChI is InChI=1S/C15H22N2O3.ClH/c1-12-11-17(9-8-16-12)15(18)7-10-20-14-5-3-13(19-2)4-6-14;/h3-6,12,16H,7-11H2,1-2H3;1H. The van der Waals surface area contributed by atoms with E-state index in [1.54, 1.807) is 7.11 Å². The third-order valence-electron chi connectivity index (χ3n) is 3.37. The molecule has 0 spiro atoms. The first-order chi connectivity index (χ1) is 9.69. The summed E-state index contributed by atoms with van der Waals surface area (Å²) in [5.74, 6) is 1.71. The second-order valence-electron chi connectivity index (χ2n) is 4.97. The van der Waals surface area contributed by atoms with Crippen LogP contribution in [-0.2, 0) is 4.79 Å². The zero-order valence-corrected chi connectivity index (χ0v) is 13.3. The normalized spacial score (nSPS) is 17.8. The average molecular weight is 315 g/mol. The molecule has 0 bridgehead atoms. The van der Waals surface area contributed by atoms with Crippen molar-refractivity contribution in [2.24, 2.45) is 0 Å². The molecule has 2 rings (SSSR count). The second-order valence-corrected chi connectivity index (χ2v) is 4.97. The van der Waals surface area contributed by atoms with Gasteiger partial charge in [0, 0.05) is 25.7 Å². The Labute approximate surface area is 132 Å². The van der Waals surface area contributed by atoms with E-state index in [2.05, 4.69) is 12.2 Å². The summed E-state index contributed by atoms with van der Waals surface area (Å²) in [6.45, 7) is 4.93. The van der Waals surface area contributed by atoms with Crippen LogP contribution in [0.25, 0.3) is 0 Å². The van der Waals surface area contributed by atoms with Crippen LogP contribution in [0.2, 0.25) is 0 Å². The minimum Gasteiger partial charge on any atom is -0.497 e. The SMILES string of the molecule is COc1ccc(OCCC(=O)N2CCNC(C)C2)cc1.Cl. The molecule has 118 valence electrons. The second kappa shape index (κ2) is 8.74. The summed E-state index contributed by atoms with van der Waals surface area (Å²) in [7, 11) is 1.63.